The number of carboxylic acid groups (broad SMARTS) is 1. The van der Waals surface area contributed by atoms with Crippen LogP contribution in [-0.4, -0.2) is 28.8 Å². The maximum atomic E-state index is 10.4. The van der Waals surface area contributed by atoms with Crippen molar-refractivity contribution in [3.63, 3.8) is 0 Å². The van der Waals surface area contributed by atoms with Gasteiger partial charge in [-0.3, -0.25) is 0 Å². The molecule has 15 heavy (non-hydrogen) atoms. The van der Waals surface area contributed by atoms with Crippen molar-refractivity contribution in [2.75, 3.05) is 6.61 Å². The summed E-state index contributed by atoms with van der Waals surface area (Å²) in [5.41, 5.74) is 0. The van der Waals surface area contributed by atoms with Crippen molar-refractivity contribution in [1.29, 1.82) is 0 Å². The molecule has 2 rings (SSSR count). The summed E-state index contributed by atoms with van der Waals surface area (Å²) in [4.78, 5) is 14.6. The maximum absolute atomic E-state index is 10.4. The fraction of sp³-hybridized carbons (Fsp3) is 0.556. The lowest BCUT2D eigenvalue weighted by Crippen LogP contribution is -2.40. The van der Waals surface area contributed by atoms with Gasteiger partial charge in [0.1, 0.15) is 11.1 Å². The summed E-state index contributed by atoms with van der Waals surface area (Å²) in [5, 5.41) is 13.9. The van der Waals surface area contributed by atoms with Crippen LogP contribution in [0.25, 0.3) is 0 Å². The third-order valence-electron chi connectivity index (χ3n) is 2.33. The maximum Gasteiger partial charge on any atom is 0.404 e. The number of hydrogen-bond donors (Lipinski definition) is 2. The molecule has 2 N–H and O–H groups in total. The van der Waals surface area contributed by atoms with Crippen LogP contribution >= 0.6 is 11.3 Å². The predicted octanol–water partition coefficient (Wildman–Crippen LogP) is 1.63. The smallest absolute Gasteiger partial charge is 0.404 e. The van der Waals surface area contributed by atoms with Crippen LogP contribution in [0.3, 0.4) is 0 Å². The van der Waals surface area contributed by atoms with Gasteiger partial charge in [-0.1, -0.05) is 0 Å². The fourth-order valence-electron chi connectivity index (χ4n) is 1.63. The molecule has 82 valence electrons. The topological polar surface area (TPSA) is 71.5 Å². The average molecular weight is 228 g/mol. The summed E-state index contributed by atoms with van der Waals surface area (Å²) in [5.74, 6) is 0. The van der Waals surface area contributed by atoms with Gasteiger partial charge >= 0.3 is 6.09 Å². The lowest BCUT2D eigenvalue weighted by molar-refractivity contribution is -0.00315. The van der Waals surface area contributed by atoms with Crippen LogP contribution in [0.15, 0.2) is 11.6 Å². The Hall–Kier alpha value is -1.14. The second kappa shape index (κ2) is 4.59. The Labute approximate surface area is 91.1 Å². The second-order valence-corrected chi connectivity index (χ2v) is 4.34. The highest BCUT2D eigenvalue weighted by Gasteiger charge is 2.25. The number of nitrogens with one attached hydrogen (secondary N) is 1. The molecule has 2 unspecified atom stereocenters. The van der Waals surface area contributed by atoms with Crippen molar-refractivity contribution < 1.29 is 14.6 Å². The standard InChI is InChI=1S/C9H12N2O3S/c12-9(13)11-6-1-2-7(14-5-6)8-10-3-4-15-8/h3-4,6-7,11H,1-2,5H2,(H,12,13). The number of thiazole rings is 1. The highest BCUT2D eigenvalue weighted by Crippen LogP contribution is 2.28. The molecule has 5 nitrogen and oxygen atoms in total. The Balaban J connectivity index is 1.84. The fourth-order valence-corrected chi connectivity index (χ4v) is 2.35. The summed E-state index contributed by atoms with van der Waals surface area (Å²) in [6, 6.07) is -0.0845. The molecule has 1 amide bonds. The van der Waals surface area contributed by atoms with Gasteiger partial charge < -0.3 is 15.2 Å². The third kappa shape index (κ3) is 2.66. The number of nitrogens with zero attached hydrogens (tertiary/aromatic N) is 1. The molecule has 1 aromatic rings. The first-order chi connectivity index (χ1) is 7.25. The molecule has 1 aromatic heterocycles. The molecule has 1 aliphatic rings. The van der Waals surface area contributed by atoms with E-state index in [2.05, 4.69) is 10.3 Å². The number of carbonyl (C=O) groups is 1. The molecule has 1 fully saturated rings. The normalized spacial score (nSPS) is 26.1. The van der Waals surface area contributed by atoms with Crippen molar-refractivity contribution in [1.82, 2.24) is 10.3 Å². The minimum Gasteiger partial charge on any atom is -0.465 e. The molecule has 0 saturated carbocycles. The van der Waals surface area contributed by atoms with Crippen LogP contribution in [0.4, 0.5) is 4.79 Å². The van der Waals surface area contributed by atoms with Gasteiger partial charge in [0.25, 0.3) is 0 Å². The molecule has 2 heterocycles. The highest BCUT2D eigenvalue weighted by molar-refractivity contribution is 7.09. The Kier molecular flexibility index (Phi) is 3.17. The van der Waals surface area contributed by atoms with Gasteiger partial charge in [-0.15, -0.1) is 11.3 Å². The molecule has 6 heteroatoms. The molecule has 0 bridgehead atoms. The summed E-state index contributed by atoms with van der Waals surface area (Å²) in [7, 11) is 0. The average Bonchev–Trinajstić information content (AvgIpc) is 2.71. The minimum atomic E-state index is -0.990. The van der Waals surface area contributed by atoms with E-state index in [1.807, 2.05) is 5.38 Å². The Morgan fingerprint density at radius 2 is 2.53 bits per heavy atom. The van der Waals surface area contributed by atoms with Gasteiger partial charge in [-0.25, -0.2) is 9.78 Å². The van der Waals surface area contributed by atoms with Gasteiger partial charge in [0.15, 0.2) is 0 Å². The van der Waals surface area contributed by atoms with E-state index in [0.29, 0.717) is 6.61 Å². The van der Waals surface area contributed by atoms with Gasteiger partial charge in [0.2, 0.25) is 0 Å². The lowest BCUT2D eigenvalue weighted by Gasteiger charge is -2.27. The number of hydrogen-bond acceptors (Lipinski definition) is 4. The molecule has 1 saturated heterocycles. The van der Waals surface area contributed by atoms with Crippen molar-refractivity contribution in [3.8, 4) is 0 Å². The first kappa shape index (κ1) is 10.4. The second-order valence-electron chi connectivity index (χ2n) is 3.42. The van der Waals surface area contributed by atoms with E-state index < -0.39 is 6.09 Å². The first-order valence-corrected chi connectivity index (χ1v) is 5.64. The van der Waals surface area contributed by atoms with Crippen molar-refractivity contribution in [2.45, 2.75) is 25.0 Å². The van der Waals surface area contributed by atoms with E-state index in [1.165, 1.54) is 0 Å². The van der Waals surface area contributed by atoms with Crippen molar-refractivity contribution in [3.05, 3.63) is 16.6 Å². The van der Waals surface area contributed by atoms with Crippen LogP contribution in [0, 0.1) is 0 Å². The Morgan fingerprint density at radius 1 is 1.67 bits per heavy atom. The summed E-state index contributed by atoms with van der Waals surface area (Å²) in [6.45, 7) is 0.427. The zero-order chi connectivity index (χ0) is 10.7. The summed E-state index contributed by atoms with van der Waals surface area (Å²) in [6.07, 6.45) is 2.42. The number of amides is 1. The molecule has 2 atom stereocenters. The quantitative estimate of drug-likeness (QED) is 0.807. The Bertz CT molecular complexity index is 320. The van der Waals surface area contributed by atoms with Crippen LogP contribution in [0.5, 0.6) is 0 Å². The summed E-state index contributed by atoms with van der Waals surface area (Å²) >= 11 is 1.57. The van der Waals surface area contributed by atoms with Gasteiger partial charge in [0.05, 0.1) is 12.6 Å². The largest absolute Gasteiger partial charge is 0.465 e. The molecule has 0 aliphatic carbocycles. The van der Waals surface area contributed by atoms with Crippen LogP contribution in [0.1, 0.15) is 24.0 Å². The van der Waals surface area contributed by atoms with E-state index >= 15 is 0 Å². The molecule has 0 aromatic carbocycles. The van der Waals surface area contributed by atoms with Crippen LogP contribution < -0.4 is 5.32 Å². The van der Waals surface area contributed by atoms with E-state index in [0.717, 1.165) is 17.8 Å². The van der Waals surface area contributed by atoms with Gasteiger partial charge in [0, 0.05) is 11.6 Å². The van der Waals surface area contributed by atoms with Crippen molar-refractivity contribution in [2.24, 2.45) is 0 Å². The van der Waals surface area contributed by atoms with E-state index in [4.69, 9.17) is 9.84 Å². The van der Waals surface area contributed by atoms with E-state index in [1.54, 1.807) is 17.5 Å². The van der Waals surface area contributed by atoms with Crippen molar-refractivity contribution >= 4 is 17.4 Å². The van der Waals surface area contributed by atoms with E-state index in [9.17, 15) is 4.79 Å². The predicted molar refractivity (Wildman–Crippen MR) is 55.0 cm³/mol. The van der Waals surface area contributed by atoms with Gasteiger partial charge in [-0.2, -0.15) is 0 Å². The van der Waals surface area contributed by atoms with Crippen LogP contribution in [0.2, 0.25) is 0 Å². The molecular formula is C9H12N2O3S. The van der Waals surface area contributed by atoms with Crippen LogP contribution in [-0.2, 0) is 4.74 Å². The molecule has 1 aliphatic heterocycles. The number of rotatable bonds is 2. The molecule has 0 radical (unpaired) electrons. The molecular weight excluding hydrogens is 216 g/mol. The monoisotopic (exact) mass is 228 g/mol. The number of aromatic nitrogens is 1. The lowest BCUT2D eigenvalue weighted by atomic mass is 10.1. The summed E-state index contributed by atoms with van der Waals surface area (Å²) < 4.78 is 5.56. The highest BCUT2D eigenvalue weighted by atomic mass is 32.1. The third-order valence-corrected chi connectivity index (χ3v) is 3.20. The zero-order valence-corrected chi connectivity index (χ0v) is 8.87. The molecule has 0 spiro atoms. The van der Waals surface area contributed by atoms with E-state index in [-0.39, 0.29) is 12.1 Å². The van der Waals surface area contributed by atoms with Gasteiger partial charge in [-0.05, 0) is 12.8 Å². The minimum absolute atomic E-state index is 0.0387. The zero-order valence-electron chi connectivity index (χ0n) is 8.05. The SMILES string of the molecule is O=C(O)NC1CCC(c2nccs2)OC1. The Morgan fingerprint density at radius 3 is 3.07 bits per heavy atom. The first-order valence-electron chi connectivity index (χ1n) is 4.76. The number of ether oxygens (including phenoxy) is 1.